The van der Waals surface area contributed by atoms with Gasteiger partial charge in [-0.05, 0) is 43.0 Å². The average Bonchev–Trinajstić information content (AvgIpc) is 3.24. The second kappa shape index (κ2) is 8.60. The molecular formula is C20H22N6O2. The van der Waals surface area contributed by atoms with E-state index in [9.17, 15) is 4.79 Å². The van der Waals surface area contributed by atoms with Gasteiger partial charge in [-0.1, -0.05) is 11.2 Å². The van der Waals surface area contributed by atoms with Crippen LogP contribution in [0.4, 0.5) is 4.79 Å². The molecule has 3 aromatic rings. The van der Waals surface area contributed by atoms with E-state index in [2.05, 4.69) is 25.4 Å². The minimum absolute atomic E-state index is 0.0689. The number of rotatable bonds is 5. The van der Waals surface area contributed by atoms with E-state index in [0.29, 0.717) is 24.7 Å². The van der Waals surface area contributed by atoms with E-state index in [4.69, 9.17) is 4.52 Å². The fourth-order valence-corrected chi connectivity index (χ4v) is 3.44. The topological polar surface area (TPSA) is 97.0 Å². The second-order valence-corrected chi connectivity index (χ2v) is 6.73. The number of urea groups is 1. The largest absolute Gasteiger partial charge is 0.339 e. The Bertz CT molecular complexity index is 899. The molecule has 0 unspecified atom stereocenters. The van der Waals surface area contributed by atoms with Crippen LogP contribution in [0.3, 0.4) is 0 Å². The first-order chi connectivity index (χ1) is 13.8. The summed E-state index contributed by atoms with van der Waals surface area (Å²) in [6.45, 7) is 1.18. The zero-order chi connectivity index (χ0) is 19.2. The van der Waals surface area contributed by atoms with Crippen molar-refractivity contribution in [1.82, 2.24) is 30.3 Å². The lowest BCUT2D eigenvalue weighted by Crippen LogP contribution is -2.45. The summed E-state index contributed by atoms with van der Waals surface area (Å²) in [6.07, 6.45) is 10.5. The molecule has 8 nitrogen and oxygen atoms in total. The summed E-state index contributed by atoms with van der Waals surface area (Å²) >= 11 is 0. The van der Waals surface area contributed by atoms with Crippen LogP contribution in [0.5, 0.6) is 0 Å². The Hall–Kier alpha value is -3.29. The molecule has 0 aliphatic carbocycles. The number of hydrogen-bond acceptors (Lipinski definition) is 6. The highest BCUT2D eigenvalue weighted by Crippen LogP contribution is 2.30. The van der Waals surface area contributed by atoms with Gasteiger partial charge in [-0.15, -0.1) is 0 Å². The Morgan fingerprint density at radius 2 is 2.04 bits per heavy atom. The van der Waals surface area contributed by atoms with E-state index < -0.39 is 0 Å². The molecule has 3 aromatic heterocycles. The van der Waals surface area contributed by atoms with Crippen molar-refractivity contribution in [2.75, 3.05) is 13.1 Å². The van der Waals surface area contributed by atoms with E-state index in [-0.39, 0.29) is 12.1 Å². The molecule has 28 heavy (non-hydrogen) atoms. The number of likely N-dealkylation sites (tertiary alicyclic amines) is 1. The van der Waals surface area contributed by atoms with Gasteiger partial charge in [0.25, 0.3) is 0 Å². The first-order valence-electron chi connectivity index (χ1n) is 9.48. The molecule has 0 saturated carbocycles. The van der Waals surface area contributed by atoms with E-state index in [0.717, 1.165) is 36.9 Å². The van der Waals surface area contributed by atoms with E-state index in [1.807, 2.05) is 35.4 Å². The van der Waals surface area contributed by atoms with Crippen molar-refractivity contribution in [3.8, 4) is 11.4 Å². The fourth-order valence-electron chi connectivity index (χ4n) is 3.44. The SMILES string of the molecule is O=C(NCCc1nc(-c2cccnc2)no1)N1CCCC[C@@H]1c1cccnc1. The van der Waals surface area contributed by atoms with Gasteiger partial charge in [-0.25, -0.2) is 4.79 Å². The Kier molecular flexibility index (Phi) is 5.56. The molecular weight excluding hydrogens is 356 g/mol. The van der Waals surface area contributed by atoms with Gasteiger partial charge in [0.15, 0.2) is 0 Å². The van der Waals surface area contributed by atoms with Crippen molar-refractivity contribution < 1.29 is 9.32 Å². The molecule has 0 aromatic carbocycles. The summed E-state index contributed by atoms with van der Waals surface area (Å²) in [4.78, 5) is 27.2. The number of nitrogens with zero attached hydrogens (tertiary/aromatic N) is 5. The number of piperidine rings is 1. The number of aromatic nitrogens is 4. The lowest BCUT2D eigenvalue weighted by Gasteiger charge is -2.35. The standard InChI is InChI=1S/C20H22N6O2/c27-20(26-12-2-1-7-17(26)15-5-3-9-21-13-15)23-11-8-18-24-19(25-28-18)16-6-4-10-22-14-16/h3-6,9-10,13-14,17H,1-2,7-8,11-12H2,(H,23,27)/t17-/m1/s1. The van der Waals surface area contributed by atoms with Gasteiger partial charge in [0, 0.05) is 49.9 Å². The first-order valence-corrected chi connectivity index (χ1v) is 9.48. The van der Waals surface area contributed by atoms with Crippen LogP contribution in [0, 0.1) is 0 Å². The third kappa shape index (κ3) is 4.16. The zero-order valence-corrected chi connectivity index (χ0v) is 15.5. The molecule has 1 N–H and O–H groups in total. The van der Waals surface area contributed by atoms with Gasteiger partial charge >= 0.3 is 6.03 Å². The molecule has 144 valence electrons. The van der Waals surface area contributed by atoms with Gasteiger partial charge in [-0.2, -0.15) is 4.98 Å². The molecule has 4 heterocycles. The number of nitrogens with one attached hydrogen (secondary N) is 1. The maximum Gasteiger partial charge on any atom is 0.317 e. The summed E-state index contributed by atoms with van der Waals surface area (Å²) in [6, 6.07) is 7.64. The number of pyridine rings is 2. The van der Waals surface area contributed by atoms with Gasteiger partial charge in [0.05, 0.1) is 6.04 Å². The van der Waals surface area contributed by atoms with Gasteiger partial charge in [-0.3, -0.25) is 9.97 Å². The molecule has 1 aliphatic rings. The van der Waals surface area contributed by atoms with Crippen molar-refractivity contribution in [3.05, 3.63) is 60.5 Å². The first kappa shape index (κ1) is 18.1. The molecule has 8 heteroatoms. The molecule has 1 saturated heterocycles. The molecule has 4 rings (SSSR count). The summed E-state index contributed by atoms with van der Waals surface area (Å²) < 4.78 is 5.27. The Balaban J connectivity index is 1.33. The predicted molar refractivity (Wildman–Crippen MR) is 102 cm³/mol. The monoisotopic (exact) mass is 378 g/mol. The minimum atomic E-state index is -0.0689. The number of hydrogen-bond donors (Lipinski definition) is 1. The van der Waals surface area contributed by atoms with Crippen molar-refractivity contribution in [1.29, 1.82) is 0 Å². The van der Waals surface area contributed by atoms with Crippen molar-refractivity contribution >= 4 is 6.03 Å². The normalized spacial score (nSPS) is 16.7. The minimum Gasteiger partial charge on any atom is -0.339 e. The summed E-state index contributed by atoms with van der Waals surface area (Å²) in [5, 5.41) is 6.95. The highest BCUT2D eigenvalue weighted by atomic mass is 16.5. The molecule has 2 amide bonds. The summed E-state index contributed by atoms with van der Waals surface area (Å²) in [5.41, 5.74) is 1.88. The summed E-state index contributed by atoms with van der Waals surface area (Å²) in [5.74, 6) is 0.990. The molecule has 0 spiro atoms. The maximum atomic E-state index is 12.7. The average molecular weight is 378 g/mol. The van der Waals surface area contributed by atoms with Crippen LogP contribution in [0.1, 0.15) is 36.8 Å². The van der Waals surface area contributed by atoms with Crippen LogP contribution in [-0.4, -0.2) is 44.1 Å². The molecule has 1 atom stereocenters. The smallest absolute Gasteiger partial charge is 0.317 e. The quantitative estimate of drug-likeness (QED) is 0.733. The third-order valence-electron chi connectivity index (χ3n) is 4.84. The lowest BCUT2D eigenvalue weighted by atomic mass is 9.97. The number of amides is 2. The van der Waals surface area contributed by atoms with E-state index >= 15 is 0 Å². The number of carbonyl (C=O) groups is 1. The van der Waals surface area contributed by atoms with Crippen LogP contribution in [0.25, 0.3) is 11.4 Å². The highest BCUT2D eigenvalue weighted by molar-refractivity contribution is 5.74. The maximum absolute atomic E-state index is 12.7. The predicted octanol–water partition coefficient (Wildman–Crippen LogP) is 3.01. The van der Waals surface area contributed by atoms with Crippen LogP contribution < -0.4 is 5.32 Å². The van der Waals surface area contributed by atoms with Crippen LogP contribution >= 0.6 is 0 Å². The van der Waals surface area contributed by atoms with Crippen LogP contribution in [-0.2, 0) is 6.42 Å². The Morgan fingerprint density at radius 3 is 2.82 bits per heavy atom. The van der Waals surface area contributed by atoms with E-state index in [1.54, 1.807) is 18.6 Å². The second-order valence-electron chi connectivity index (χ2n) is 6.73. The van der Waals surface area contributed by atoms with Crippen LogP contribution in [0.2, 0.25) is 0 Å². The Morgan fingerprint density at radius 1 is 1.18 bits per heavy atom. The number of carbonyl (C=O) groups excluding carboxylic acids is 1. The van der Waals surface area contributed by atoms with Crippen LogP contribution in [0.15, 0.2) is 53.6 Å². The Labute approximate surface area is 163 Å². The molecule has 1 aliphatic heterocycles. The molecule has 0 radical (unpaired) electrons. The van der Waals surface area contributed by atoms with Crippen molar-refractivity contribution in [2.45, 2.75) is 31.7 Å². The highest BCUT2D eigenvalue weighted by Gasteiger charge is 2.27. The third-order valence-corrected chi connectivity index (χ3v) is 4.84. The van der Waals surface area contributed by atoms with Gasteiger partial charge < -0.3 is 14.7 Å². The van der Waals surface area contributed by atoms with E-state index in [1.165, 1.54) is 0 Å². The molecule has 1 fully saturated rings. The lowest BCUT2D eigenvalue weighted by molar-refractivity contribution is 0.151. The fraction of sp³-hybridized carbons (Fsp3) is 0.350. The molecule has 0 bridgehead atoms. The van der Waals surface area contributed by atoms with Crippen molar-refractivity contribution in [2.24, 2.45) is 0 Å². The summed E-state index contributed by atoms with van der Waals surface area (Å²) in [7, 11) is 0. The van der Waals surface area contributed by atoms with Gasteiger partial charge in [0.2, 0.25) is 11.7 Å². The van der Waals surface area contributed by atoms with Gasteiger partial charge in [0.1, 0.15) is 0 Å². The van der Waals surface area contributed by atoms with Crippen molar-refractivity contribution in [3.63, 3.8) is 0 Å². The zero-order valence-electron chi connectivity index (χ0n) is 15.5.